The Balaban J connectivity index is 3.08. The molecule has 0 radical (unpaired) electrons. The van der Waals surface area contributed by atoms with E-state index in [-0.39, 0.29) is 5.56 Å². The van der Waals surface area contributed by atoms with E-state index in [1.165, 1.54) is 16.8 Å². The molecule has 0 aliphatic heterocycles. The van der Waals surface area contributed by atoms with Crippen LogP contribution in [0.3, 0.4) is 0 Å². The van der Waals surface area contributed by atoms with Gasteiger partial charge >= 0.3 is 5.69 Å². The molecule has 0 aliphatic rings. The lowest BCUT2D eigenvalue weighted by molar-refractivity contribution is 0.749. The van der Waals surface area contributed by atoms with Gasteiger partial charge in [0.1, 0.15) is 0 Å². The van der Waals surface area contributed by atoms with Crippen molar-refractivity contribution < 1.29 is 0 Å². The number of nitrogens with zero attached hydrogens (tertiary/aromatic N) is 1. The number of rotatable bonds is 1. The molecule has 62 valence electrons. The Bertz CT molecular complexity index is 431. The van der Waals surface area contributed by atoms with Crippen molar-refractivity contribution in [3.05, 3.63) is 33.1 Å². The average Bonchev–Trinajstić information content (AvgIpc) is 2.03. The molecule has 0 bridgehead atoms. The van der Waals surface area contributed by atoms with E-state index in [0.29, 0.717) is 6.54 Å². The Labute approximate surface area is 68.9 Å². The molecule has 12 heavy (non-hydrogen) atoms. The van der Waals surface area contributed by atoms with Crippen molar-refractivity contribution in [1.29, 1.82) is 0 Å². The second kappa shape index (κ2) is 3.58. The number of H-pyrrole nitrogens is 1. The quantitative estimate of drug-likeness (QED) is 0.572. The second-order valence-electron chi connectivity index (χ2n) is 2.16. The number of aromatic nitrogens is 2. The zero-order valence-electron chi connectivity index (χ0n) is 6.63. The van der Waals surface area contributed by atoms with Crippen LogP contribution in [0.2, 0.25) is 0 Å². The van der Waals surface area contributed by atoms with E-state index < -0.39 is 5.69 Å². The summed E-state index contributed by atoms with van der Waals surface area (Å²) in [7, 11) is 0. The summed E-state index contributed by atoms with van der Waals surface area (Å²) in [6, 6.07) is 1.29. The number of hydrogen-bond donors (Lipinski definition) is 1. The van der Waals surface area contributed by atoms with Gasteiger partial charge in [-0.25, -0.2) is 4.79 Å². The van der Waals surface area contributed by atoms with Gasteiger partial charge in [0.2, 0.25) is 0 Å². The minimum Gasteiger partial charge on any atom is -0.289 e. The van der Waals surface area contributed by atoms with Gasteiger partial charge in [0.15, 0.2) is 0 Å². The molecule has 1 aromatic rings. The van der Waals surface area contributed by atoms with Gasteiger partial charge in [-0.05, 0) is 6.92 Å². The summed E-state index contributed by atoms with van der Waals surface area (Å²) < 4.78 is 1.33. The highest BCUT2D eigenvalue weighted by Crippen LogP contribution is 1.73. The van der Waals surface area contributed by atoms with Crippen molar-refractivity contribution in [3.63, 3.8) is 0 Å². The SMILES string of the molecule is CC#CCn1ccc(=O)[nH]c1=O. The molecule has 4 nitrogen and oxygen atoms in total. The Morgan fingerprint density at radius 2 is 2.33 bits per heavy atom. The second-order valence-corrected chi connectivity index (χ2v) is 2.16. The fourth-order valence-corrected chi connectivity index (χ4v) is 0.733. The fourth-order valence-electron chi connectivity index (χ4n) is 0.733. The Kier molecular flexibility index (Phi) is 2.49. The van der Waals surface area contributed by atoms with E-state index >= 15 is 0 Å². The summed E-state index contributed by atoms with van der Waals surface area (Å²) in [5.74, 6) is 5.37. The summed E-state index contributed by atoms with van der Waals surface area (Å²) in [5, 5.41) is 0. The first-order valence-electron chi connectivity index (χ1n) is 3.43. The molecule has 0 spiro atoms. The molecule has 0 saturated carbocycles. The molecule has 0 aromatic carbocycles. The molecule has 0 aliphatic carbocycles. The number of aromatic amines is 1. The number of nitrogens with one attached hydrogen (secondary N) is 1. The fraction of sp³-hybridized carbons (Fsp3) is 0.250. The van der Waals surface area contributed by atoms with E-state index in [2.05, 4.69) is 16.8 Å². The zero-order chi connectivity index (χ0) is 8.97. The molecule has 0 unspecified atom stereocenters. The van der Waals surface area contributed by atoms with Crippen LogP contribution in [-0.4, -0.2) is 9.55 Å². The standard InChI is InChI=1S/C8H8N2O2/c1-2-3-5-10-6-4-7(11)9-8(10)12/h4,6H,5H2,1H3,(H,9,11,12). The smallest absolute Gasteiger partial charge is 0.289 e. The molecule has 0 saturated heterocycles. The van der Waals surface area contributed by atoms with Gasteiger partial charge < -0.3 is 0 Å². The zero-order valence-corrected chi connectivity index (χ0v) is 6.63. The minimum atomic E-state index is -0.426. The highest BCUT2D eigenvalue weighted by atomic mass is 16.2. The maximum Gasteiger partial charge on any atom is 0.329 e. The summed E-state index contributed by atoms with van der Waals surface area (Å²) in [6.07, 6.45) is 1.42. The molecular formula is C8H8N2O2. The van der Waals surface area contributed by atoms with Crippen molar-refractivity contribution >= 4 is 0 Å². The normalized spacial score (nSPS) is 8.75. The van der Waals surface area contributed by atoms with Crippen LogP contribution in [-0.2, 0) is 6.54 Å². The van der Waals surface area contributed by atoms with E-state index in [1.54, 1.807) is 6.92 Å². The van der Waals surface area contributed by atoms with Crippen LogP contribution in [0.1, 0.15) is 6.92 Å². The molecule has 0 amide bonds. The van der Waals surface area contributed by atoms with E-state index in [0.717, 1.165) is 0 Å². The molecule has 1 rings (SSSR count). The molecule has 0 fully saturated rings. The lowest BCUT2D eigenvalue weighted by Crippen LogP contribution is -2.28. The van der Waals surface area contributed by atoms with Crippen LogP contribution in [0.5, 0.6) is 0 Å². The van der Waals surface area contributed by atoms with Crippen molar-refractivity contribution in [1.82, 2.24) is 9.55 Å². The van der Waals surface area contributed by atoms with Crippen LogP contribution >= 0.6 is 0 Å². The predicted molar refractivity (Wildman–Crippen MR) is 44.8 cm³/mol. The summed E-state index contributed by atoms with van der Waals surface area (Å²) in [5.41, 5.74) is -0.814. The van der Waals surface area contributed by atoms with Gasteiger partial charge in [-0.3, -0.25) is 14.3 Å². The van der Waals surface area contributed by atoms with Gasteiger partial charge in [-0.15, -0.1) is 5.92 Å². The lowest BCUT2D eigenvalue weighted by atomic mass is 10.5. The van der Waals surface area contributed by atoms with Crippen molar-refractivity contribution in [2.24, 2.45) is 0 Å². The minimum absolute atomic E-state index is 0.312. The van der Waals surface area contributed by atoms with Crippen LogP contribution in [0.25, 0.3) is 0 Å². The van der Waals surface area contributed by atoms with Crippen molar-refractivity contribution in [3.8, 4) is 11.8 Å². The first-order chi connectivity index (χ1) is 5.74. The van der Waals surface area contributed by atoms with Crippen LogP contribution in [0.4, 0.5) is 0 Å². The third kappa shape index (κ3) is 1.86. The highest BCUT2D eigenvalue weighted by Gasteiger charge is 1.91. The van der Waals surface area contributed by atoms with Gasteiger partial charge in [0.25, 0.3) is 5.56 Å². The monoisotopic (exact) mass is 164 g/mol. The van der Waals surface area contributed by atoms with E-state index in [9.17, 15) is 9.59 Å². The Hall–Kier alpha value is -1.76. The van der Waals surface area contributed by atoms with Crippen LogP contribution in [0, 0.1) is 11.8 Å². The maximum absolute atomic E-state index is 11.0. The molecule has 0 atom stereocenters. The van der Waals surface area contributed by atoms with Crippen molar-refractivity contribution in [2.75, 3.05) is 0 Å². The first-order valence-corrected chi connectivity index (χ1v) is 3.43. The summed E-state index contributed by atoms with van der Waals surface area (Å²) in [6.45, 7) is 2.00. The molecule has 1 aromatic heterocycles. The predicted octanol–water partition coefficient (Wildman–Crippen LogP) is -0.440. The van der Waals surface area contributed by atoms with Crippen LogP contribution in [0.15, 0.2) is 21.9 Å². The van der Waals surface area contributed by atoms with E-state index in [1.807, 2.05) is 0 Å². The third-order valence-electron chi connectivity index (χ3n) is 1.32. The Morgan fingerprint density at radius 3 is 2.92 bits per heavy atom. The largest absolute Gasteiger partial charge is 0.329 e. The molecule has 4 heteroatoms. The summed E-state index contributed by atoms with van der Waals surface area (Å²) in [4.78, 5) is 23.7. The van der Waals surface area contributed by atoms with Gasteiger partial charge in [0, 0.05) is 12.3 Å². The third-order valence-corrected chi connectivity index (χ3v) is 1.32. The van der Waals surface area contributed by atoms with Gasteiger partial charge in [-0.2, -0.15) is 0 Å². The lowest BCUT2D eigenvalue weighted by Gasteiger charge is -1.95. The summed E-state index contributed by atoms with van der Waals surface area (Å²) >= 11 is 0. The van der Waals surface area contributed by atoms with Gasteiger partial charge in [-0.1, -0.05) is 5.92 Å². The molecule has 1 N–H and O–H groups in total. The molecular weight excluding hydrogens is 156 g/mol. The maximum atomic E-state index is 11.0. The van der Waals surface area contributed by atoms with E-state index in [4.69, 9.17) is 0 Å². The van der Waals surface area contributed by atoms with Crippen LogP contribution < -0.4 is 11.2 Å². The average molecular weight is 164 g/mol. The first kappa shape index (κ1) is 8.34. The van der Waals surface area contributed by atoms with Gasteiger partial charge in [0.05, 0.1) is 6.54 Å². The molecule has 1 heterocycles. The topological polar surface area (TPSA) is 54.9 Å². The van der Waals surface area contributed by atoms with Crippen molar-refractivity contribution in [2.45, 2.75) is 13.5 Å². The Morgan fingerprint density at radius 1 is 1.58 bits per heavy atom. The number of hydrogen-bond acceptors (Lipinski definition) is 2. The highest BCUT2D eigenvalue weighted by molar-refractivity contribution is 4.96.